The van der Waals surface area contributed by atoms with Gasteiger partial charge in [0.1, 0.15) is 11.9 Å². The third-order valence-electron chi connectivity index (χ3n) is 6.94. The van der Waals surface area contributed by atoms with E-state index in [4.69, 9.17) is 16.3 Å². The second kappa shape index (κ2) is 12.5. The van der Waals surface area contributed by atoms with E-state index in [9.17, 15) is 9.90 Å². The lowest BCUT2D eigenvalue weighted by Gasteiger charge is -2.38. The van der Waals surface area contributed by atoms with Gasteiger partial charge in [-0.15, -0.1) is 11.3 Å². The molecule has 3 heterocycles. The fraction of sp³-hybridized carbons (Fsp3) is 0.429. The highest BCUT2D eigenvalue weighted by molar-refractivity contribution is 7.11. The Balaban J connectivity index is 1.40. The van der Waals surface area contributed by atoms with Crippen molar-refractivity contribution in [3.05, 3.63) is 57.4 Å². The summed E-state index contributed by atoms with van der Waals surface area (Å²) in [5.74, 6) is 6.70. The first-order chi connectivity index (χ1) is 17.4. The molecule has 1 saturated heterocycles. The van der Waals surface area contributed by atoms with E-state index < -0.39 is 12.1 Å². The Hall–Kier alpha value is -2.66. The summed E-state index contributed by atoms with van der Waals surface area (Å²) in [4.78, 5) is 18.8. The number of benzene rings is 1. The van der Waals surface area contributed by atoms with Crippen LogP contribution in [0.1, 0.15) is 48.7 Å². The molecule has 0 bridgehead atoms. The first-order valence-electron chi connectivity index (χ1n) is 12.2. The summed E-state index contributed by atoms with van der Waals surface area (Å²) >= 11 is 7.65. The van der Waals surface area contributed by atoms with Gasteiger partial charge in [0.2, 0.25) is 0 Å². The van der Waals surface area contributed by atoms with Gasteiger partial charge in [0.25, 0.3) is 0 Å². The molecule has 1 aliphatic heterocycles. The predicted octanol–water partition coefficient (Wildman–Crippen LogP) is 6.60. The Bertz CT molecular complexity index is 1250. The van der Waals surface area contributed by atoms with Crippen molar-refractivity contribution in [1.29, 1.82) is 0 Å². The van der Waals surface area contributed by atoms with Gasteiger partial charge in [-0.1, -0.05) is 23.4 Å². The number of thiophene rings is 1. The molecule has 3 aromatic rings. The molecule has 0 aliphatic carbocycles. The summed E-state index contributed by atoms with van der Waals surface area (Å²) in [6.45, 7) is 2.26. The number of carboxylic acids is 1. The summed E-state index contributed by atoms with van der Waals surface area (Å²) in [6.07, 6.45) is 3.25. The van der Waals surface area contributed by atoms with Crippen LogP contribution in [0.3, 0.4) is 0 Å². The quantitative estimate of drug-likeness (QED) is 0.317. The van der Waals surface area contributed by atoms with Crippen LogP contribution in [0.4, 0.5) is 4.39 Å². The molecule has 0 radical (unpaired) electrons. The van der Waals surface area contributed by atoms with Gasteiger partial charge >= 0.3 is 5.97 Å². The van der Waals surface area contributed by atoms with Crippen molar-refractivity contribution < 1.29 is 19.0 Å². The fourth-order valence-electron chi connectivity index (χ4n) is 4.99. The normalized spacial score (nSPS) is 19.0. The number of likely N-dealkylation sites (tertiary alicyclic amines) is 1. The van der Waals surface area contributed by atoms with Crippen LogP contribution in [0.25, 0.3) is 10.9 Å². The molecular weight excluding hydrogens is 499 g/mol. The van der Waals surface area contributed by atoms with Gasteiger partial charge < -0.3 is 9.84 Å². The molecule has 0 unspecified atom stereocenters. The van der Waals surface area contributed by atoms with E-state index in [1.807, 2.05) is 29.6 Å². The van der Waals surface area contributed by atoms with Crippen LogP contribution in [0.5, 0.6) is 5.75 Å². The van der Waals surface area contributed by atoms with E-state index >= 15 is 4.39 Å². The number of rotatable bonds is 9. The summed E-state index contributed by atoms with van der Waals surface area (Å²) in [6, 6.07) is 9.09. The number of ether oxygens (including phenoxy) is 1. The van der Waals surface area contributed by atoms with Crippen molar-refractivity contribution in [3.8, 4) is 17.6 Å². The largest absolute Gasteiger partial charge is 0.497 e. The van der Waals surface area contributed by atoms with E-state index in [2.05, 4.69) is 21.7 Å². The first-order valence-corrected chi connectivity index (χ1v) is 13.4. The molecular formula is C28H30ClFN2O3S. The van der Waals surface area contributed by atoms with Crippen molar-refractivity contribution in [3.63, 3.8) is 0 Å². The van der Waals surface area contributed by atoms with E-state index in [1.54, 1.807) is 19.4 Å². The van der Waals surface area contributed by atoms with Gasteiger partial charge in [0.05, 0.1) is 29.1 Å². The molecule has 1 fully saturated rings. The number of fused-ring (bicyclic) bond motifs is 1. The molecule has 190 valence electrons. The lowest BCUT2D eigenvalue weighted by molar-refractivity contribution is -0.137. The Morgan fingerprint density at radius 1 is 1.33 bits per heavy atom. The van der Waals surface area contributed by atoms with Crippen LogP contribution in [-0.2, 0) is 4.79 Å². The van der Waals surface area contributed by atoms with E-state index in [0.717, 1.165) is 35.3 Å². The maximum absolute atomic E-state index is 15.5. The molecule has 36 heavy (non-hydrogen) atoms. The standard InChI is InChI=1S/C28H30ClFN2O3S/c1-35-21-6-8-26-23(17-21)22(10-13-31-26)25(30)7-4-19-11-15-32(18-20(19)5-9-28(33)34)14-2-3-27-24(29)12-16-36-27/h6,8,10,12-13,16-17,19-20,25H,4-5,7,9,11,14-15,18H2,1H3,(H,33,34)/t19-,20-,25-/m1/s1. The number of nitrogens with zero attached hydrogens (tertiary/aromatic N) is 2. The zero-order chi connectivity index (χ0) is 25.5. The van der Waals surface area contributed by atoms with Gasteiger partial charge in [0.15, 0.2) is 0 Å². The second-order valence-electron chi connectivity index (χ2n) is 9.20. The van der Waals surface area contributed by atoms with Crippen LogP contribution in [0.2, 0.25) is 5.02 Å². The number of alkyl halides is 1. The number of piperidine rings is 1. The van der Waals surface area contributed by atoms with Crippen LogP contribution in [0, 0.1) is 23.7 Å². The number of aromatic nitrogens is 1. The third-order valence-corrected chi connectivity index (χ3v) is 8.19. The molecule has 0 spiro atoms. The molecule has 8 heteroatoms. The maximum atomic E-state index is 15.5. The zero-order valence-electron chi connectivity index (χ0n) is 20.3. The average molecular weight is 529 g/mol. The Kier molecular flexibility index (Phi) is 9.19. The van der Waals surface area contributed by atoms with E-state index in [1.165, 1.54) is 11.3 Å². The predicted molar refractivity (Wildman–Crippen MR) is 142 cm³/mol. The van der Waals surface area contributed by atoms with Crippen LogP contribution >= 0.6 is 22.9 Å². The highest BCUT2D eigenvalue weighted by atomic mass is 35.5. The van der Waals surface area contributed by atoms with Crippen molar-refractivity contribution in [2.24, 2.45) is 11.8 Å². The molecule has 3 atom stereocenters. The summed E-state index contributed by atoms with van der Waals surface area (Å²) in [5.41, 5.74) is 1.37. The lowest BCUT2D eigenvalue weighted by Crippen LogP contribution is -2.41. The smallest absolute Gasteiger partial charge is 0.303 e. The zero-order valence-corrected chi connectivity index (χ0v) is 21.8. The Morgan fingerprint density at radius 3 is 2.94 bits per heavy atom. The number of pyridine rings is 1. The van der Waals surface area contributed by atoms with Crippen LogP contribution < -0.4 is 4.74 Å². The molecule has 4 rings (SSSR count). The van der Waals surface area contributed by atoms with E-state index in [0.29, 0.717) is 42.1 Å². The molecule has 1 N–H and O–H groups in total. The average Bonchev–Trinajstić information content (AvgIpc) is 3.30. The molecule has 1 aliphatic rings. The topological polar surface area (TPSA) is 62.7 Å². The van der Waals surface area contributed by atoms with Gasteiger partial charge in [0, 0.05) is 24.5 Å². The summed E-state index contributed by atoms with van der Waals surface area (Å²) in [7, 11) is 1.59. The number of carboxylic acid groups (broad SMARTS) is 1. The summed E-state index contributed by atoms with van der Waals surface area (Å²) < 4.78 is 20.8. The first kappa shape index (κ1) is 26.4. The van der Waals surface area contributed by atoms with Gasteiger partial charge in [-0.25, -0.2) is 4.39 Å². The Morgan fingerprint density at radius 2 is 2.19 bits per heavy atom. The van der Waals surface area contributed by atoms with E-state index in [-0.39, 0.29) is 18.3 Å². The van der Waals surface area contributed by atoms with Gasteiger partial charge in [-0.3, -0.25) is 14.7 Å². The highest BCUT2D eigenvalue weighted by Crippen LogP contribution is 2.36. The number of halogens is 2. The highest BCUT2D eigenvalue weighted by Gasteiger charge is 2.30. The summed E-state index contributed by atoms with van der Waals surface area (Å²) in [5, 5.41) is 12.6. The van der Waals surface area contributed by atoms with Crippen LogP contribution in [-0.4, -0.2) is 47.7 Å². The van der Waals surface area contributed by atoms with Crippen LogP contribution in [0.15, 0.2) is 41.9 Å². The van der Waals surface area contributed by atoms with Crippen molar-refractivity contribution in [1.82, 2.24) is 9.88 Å². The lowest BCUT2D eigenvalue weighted by atomic mass is 9.79. The second-order valence-corrected chi connectivity index (χ2v) is 10.5. The van der Waals surface area contributed by atoms with Crippen molar-refractivity contribution in [2.45, 2.75) is 38.3 Å². The molecule has 0 amide bonds. The molecule has 5 nitrogen and oxygen atoms in total. The molecule has 0 saturated carbocycles. The Labute approximate surface area is 220 Å². The fourth-order valence-corrected chi connectivity index (χ4v) is 5.96. The van der Waals surface area contributed by atoms with Crippen molar-refractivity contribution >= 4 is 39.8 Å². The maximum Gasteiger partial charge on any atom is 0.303 e. The SMILES string of the molecule is COc1ccc2nccc([C@H](F)CC[C@@H]3CCN(CC#Cc4sccc4Cl)C[C@H]3CCC(=O)O)c2c1. The third kappa shape index (κ3) is 6.76. The van der Waals surface area contributed by atoms with Gasteiger partial charge in [-0.2, -0.15) is 0 Å². The number of methoxy groups -OCH3 is 1. The minimum atomic E-state index is -1.12. The molecule has 2 aromatic heterocycles. The van der Waals surface area contributed by atoms with Crippen molar-refractivity contribution in [2.75, 3.05) is 26.7 Å². The van der Waals surface area contributed by atoms with Gasteiger partial charge in [-0.05, 0) is 85.3 Å². The monoisotopic (exact) mass is 528 g/mol. The number of hydrogen-bond donors (Lipinski definition) is 1. The number of aliphatic carboxylic acids is 1. The number of carbonyl (C=O) groups is 1. The molecule has 1 aromatic carbocycles. The number of hydrogen-bond acceptors (Lipinski definition) is 5. The minimum Gasteiger partial charge on any atom is -0.497 e. The minimum absolute atomic E-state index is 0.124.